The van der Waals surface area contributed by atoms with Crippen LogP contribution in [-0.4, -0.2) is 12.1 Å². The lowest BCUT2D eigenvalue weighted by molar-refractivity contribution is -0.147. The van der Waals surface area contributed by atoms with E-state index in [4.69, 9.17) is 4.74 Å². The lowest BCUT2D eigenvalue weighted by atomic mass is 10.00. The largest absolute Gasteiger partial charge is 0.463 e. The minimum Gasteiger partial charge on any atom is -0.463 e. The maximum Gasteiger partial charge on any atom is 0.302 e. The molecule has 0 aromatic carbocycles. The highest BCUT2D eigenvalue weighted by Crippen LogP contribution is 2.14. The van der Waals surface area contributed by atoms with Crippen LogP contribution in [0.1, 0.15) is 47.0 Å². The molecule has 0 saturated carbocycles. The number of rotatable bonds is 5. The standard InChI is InChI=1S/C10H20O2/c1-5-8(3)7-10(6-2)12-9(4)11/h8,10H,5-7H2,1-4H3. The van der Waals surface area contributed by atoms with Crippen LogP contribution >= 0.6 is 0 Å². The van der Waals surface area contributed by atoms with Gasteiger partial charge in [0.05, 0.1) is 0 Å². The van der Waals surface area contributed by atoms with E-state index < -0.39 is 0 Å². The van der Waals surface area contributed by atoms with Gasteiger partial charge in [-0.2, -0.15) is 0 Å². The van der Waals surface area contributed by atoms with Gasteiger partial charge in [0.2, 0.25) is 0 Å². The molecule has 0 aromatic heterocycles. The monoisotopic (exact) mass is 172 g/mol. The quantitative estimate of drug-likeness (QED) is 0.596. The molecule has 2 unspecified atom stereocenters. The van der Waals surface area contributed by atoms with Crippen LogP contribution in [0.2, 0.25) is 0 Å². The number of carbonyl (C=O) groups is 1. The predicted octanol–water partition coefficient (Wildman–Crippen LogP) is 2.76. The zero-order chi connectivity index (χ0) is 9.56. The van der Waals surface area contributed by atoms with Crippen molar-refractivity contribution in [1.82, 2.24) is 0 Å². The van der Waals surface area contributed by atoms with Crippen LogP contribution in [0.15, 0.2) is 0 Å². The highest BCUT2D eigenvalue weighted by molar-refractivity contribution is 5.66. The Hall–Kier alpha value is -0.530. The van der Waals surface area contributed by atoms with Gasteiger partial charge in [-0.25, -0.2) is 0 Å². The SMILES string of the molecule is CCC(C)CC(CC)OC(C)=O. The van der Waals surface area contributed by atoms with Crippen LogP contribution < -0.4 is 0 Å². The first kappa shape index (κ1) is 11.5. The third-order valence-corrected chi connectivity index (χ3v) is 2.15. The zero-order valence-corrected chi connectivity index (χ0v) is 8.59. The lowest BCUT2D eigenvalue weighted by Gasteiger charge is -2.18. The van der Waals surface area contributed by atoms with E-state index in [0.717, 1.165) is 19.3 Å². The van der Waals surface area contributed by atoms with Gasteiger partial charge >= 0.3 is 5.97 Å². The molecule has 0 aliphatic rings. The van der Waals surface area contributed by atoms with Gasteiger partial charge in [-0.3, -0.25) is 4.79 Å². The molecular formula is C10H20O2. The molecule has 0 N–H and O–H groups in total. The van der Waals surface area contributed by atoms with Crippen LogP contribution in [0.25, 0.3) is 0 Å². The fourth-order valence-electron chi connectivity index (χ4n) is 1.15. The van der Waals surface area contributed by atoms with E-state index in [1.54, 1.807) is 0 Å². The van der Waals surface area contributed by atoms with Crippen molar-refractivity contribution in [2.45, 2.75) is 53.1 Å². The van der Waals surface area contributed by atoms with E-state index in [0.29, 0.717) is 5.92 Å². The van der Waals surface area contributed by atoms with Crippen molar-refractivity contribution >= 4 is 5.97 Å². The van der Waals surface area contributed by atoms with Crippen molar-refractivity contribution in [3.8, 4) is 0 Å². The van der Waals surface area contributed by atoms with Gasteiger partial charge in [-0.05, 0) is 18.8 Å². The van der Waals surface area contributed by atoms with Crippen molar-refractivity contribution in [3.05, 3.63) is 0 Å². The Kier molecular flexibility index (Phi) is 5.77. The van der Waals surface area contributed by atoms with Crippen molar-refractivity contribution in [2.24, 2.45) is 5.92 Å². The van der Waals surface area contributed by atoms with Crippen LogP contribution in [0.5, 0.6) is 0 Å². The van der Waals surface area contributed by atoms with Gasteiger partial charge in [0.1, 0.15) is 6.10 Å². The Morgan fingerprint density at radius 3 is 2.25 bits per heavy atom. The first-order valence-corrected chi connectivity index (χ1v) is 4.77. The van der Waals surface area contributed by atoms with Crippen molar-refractivity contribution < 1.29 is 9.53 Å². The normalized spacial score (nSPS) is 15.3. The first-order valence-electron chi connectivity index (χ1n) is 4.77. The van der Waals surface area contributed by atoms with Crippen molar-refractivity contribution in [2.75, 3.05) is 0 Å². The lowest BCUT2D eigenvalue weighted by Crippen LogP contribution is -2.18. The Morgan fingerprint density at radius 2 is 1.92 bits per heavy atom. The fourth-order valence-corrected chi connectivity index (χ4v) is 1.15. The van der Waals surface area contributed by atoms with E-state index >= 15 is 0 Å². The summed E-state index contributed by atoms with van der Waals surface area (Å²) in [5, 5.41) is 0. The Balaban J connectivity index is 3.74. The minimum absolute atomic E-state index is 0.123. The van der Waals surface area contributed by atoms with E-state index in [1.807, 2.05) is 0 Å². The van der Waals surface area contributed by atoms with Gasteiger partial charge in [0.15, 0.2) is 0 Å². The summed E-state index contributed by atoms with van der Waals surface area (Å²) in [6.07, 6.45) is 3.19. The molecule has 0 amide bonds. The van der Waals surface area contributed by atoms with Gasteiger partial charge in [0.25, 0.3) is 0 Å². The van der Waals surface area contributed by atoms with Crippen LogP contribution in [-0.2, 0) is 9.53 Å². The minimum atomic E-state index is -0.162. The van der Waals surface area contributed by atoms with Crippen molar-refractivity contribution in [1.29, 1.82) is 0 Å². The number of carbonyl (C=O) groups excluding carboxylic acids is 1. The second-order valence-electron chi connectivity index (χ2n) is 3.39. The molecule has 0 aliphatic heterocycles. The summed E-state index contributed by atoms with van der Waals surface area (Å²) in [5.41, 5.74) is 0. The summed E-state index contributed by atoms with van der Waals surface area (Å²) in [5.74, 6) is 0.486. The second kappa shape index (κ2) is 6.04. The highest BCUT2D eigenvalue weighted by Gasteiger charge is 2.12. The van der Waals surface area contributed by atoms with E-state index in [-0.39, 0.29) is 12.1 Å². The summed E-state index contributed by atoms with van der Waals surface area (Å²) < 4.78 is 5.13. The molecule has 2 nitrogen and oxygen atoms in total. The summed E-state index contributed by atoms with van der Waals surface area (Å²) in [6, 6.07) is 0. The molecule has 2 heteroatoms. The van der Waals surface area contributed by atoms with Gasteiger partial charge in [-0.1, -0.05) is 27.2 Å². The molecule has 0 bridgehead atoms. The zero-order valence-electron chi connectivity index (χ0n) is 8.59. The molecule has 72 valence electrons. The Labute approximate surface area is 75.3 Å². The molecule has 12 heavy (non-hydrogen) atoms. The van der Waals surface area contributed by atoms with Gasteiger partial charge in [-0.15, -0.1) is 0 Å². The van der Waals surface area contributed by atoms with Crippen LogP contribution in [0, 0.1) is 5.92 Å². The summed E-state index contributed by atoms with van der Waals surface area (Å²) in [6.45, 7) is 7.87. The Bertz CT molecular complexity index is 132. The van der Waals surface area contributed by atoms with Crippen LogP contribution in [0.3, 0.4) is 0 Å². The first-order chi connectivity index (χ1) is 5.60. The molecule has 0 radical (unpaired) electrons. The molecule has 2 atom stereocenters. The molecule has 0 heterocycles. The molecule has 0 saturated heterocycles. The topological polar surface area (TPSA) is 26.3 Å². The smallest absolute Gasteiger partial charge is 0.302 e. The van der Waals surface area contributed by atoms with Gasteiger partial charge < -0.3 is 4.74 Å². The average molecular weight is 172 g/mol. The molecule has 0 fully saturated rings. The second-order valence-corrected chi connectivity index (χ2v) is 3.39. The predicted molar refractivity (Wildman–Crippen MR) is 49.9 cm³/mol. The molecule has 0 spiro atoms. The van der Waals surface area contributed by atoms with Gasteiger partial charge in [0, 0.05) is 6.92 Å². The summed E-state index contributed by atoms with van der Waals surface area (Å²) in [4.78, 5) is 10.7. The highest BCUT2D eigenvalue weighted by atomic mass is 16.5. The Morgan fingerprint density at radius 1 is 1.33 bits per heavy atom. The molecule has 0 rings (SSSR count). The number of hydrogen-bond acceptors (Lipinski definition) is 2. The van der Waals surface area contributed by atoms with E-state index in [9.17, 15) is 4.79 Å². The third-order valence-electron chi connectivity index (χ3n) is 2.15. The van der Waals surface area contributed by atoms with E-state index in [2.05, 4.69) is 20.8 Å². The molecule has 0 aliphatic carbocycles. The maximum absolute atomic E-state index is 10.7. The van der Waals surface area contributed by atoms with E-state index in [1.165, 1.54) is 6.92 Å². The maximum atomic E-state index is 10.7. The number of hydrogen-bond donors (Lipinski definition) is 0. The van der Waals surface area contributed by atoms with Crippen molar-refractivity contribution in [3.63, 3.8) is 0 Å². The number of ether oxygens (including phenoxy) is 1. The molecule has 0 aromatic rings. The third kappa shape index (κ3) is 5.16. The number of esters is 1. The molecular weight excluding hydrogens is 152 g/mol. The summed E-state index contributed by atoms with van der Waals surface area (Å²) in [7, 11) is 0. The van der Waals surface area contributed by atoms with Crippen LogP contribution in [0.4, 0.5) is 0 Å². The fraction of sp³-hybridized carbons (Fsp3) is 0.900. The average Bonchev–Trinajstić information content (AvgIpc) is 2.02. The summed E-state index contributed by atoms with van der Waals surface area (Å²) >= 11 is 0.